The van der Waals surface area contributed by atoms with Gasteiger partial charge in [-0.3, -0.25) is 4.57 Å². The second-order valence-electron chi connectivity index (χ2n) is 1.69. The lowest BCUT2D eigenvalue weighted by atomic mass is 10.4. The zero-order valence-electron chi connectivity index (χ0n) is 4.84. The van der Waals surface area contributed by atoms with Crippen molar-refractivity contribution in [1.29, 1.82) is 0 Å². The van der Waals surface area contributed by atoms with Gasteiger partial charge in [0.2, 0.25) is 0 Å². The summed E-state index contributed by atoms with van der Waals surface area (Å²) in [4.78, 5) is 0. The van der Waals surface area contributed by atoms with Crippen LogP contribution in [0.3, 0.4) is 0 Å². The van der Waals surface area contributed by atoms with E-state index >= 15 is 0 Å². The summed E-state index contributed by atoms with van der Waals surface area (Å²) < 4.78 is 10.3. The molecule has 0 spiro atoms. The van der Waals surface area contributed by atoms with Crippen LogP contribution in [0, 0.1) is 0 Å². The van der Waals surface area contributed by atoms with Gasteiger partial charge >= 0.3 is 0 Å². The molecule has 0 heterocycles. The third-order valence-corrected chi connectivity index (χ3v) is 2.27. The third kappa shape index (κ3) is 1.69. The van der Waals surface area contributed by atoms with Gasteiger partial charge in [-0.1, -0.05) is 23.2 Å². The van der Waals surface area contributed by atoms with Gasteiger partial charge in [-0.05, 0) is 18.2 Å². The van der Waals surface area contributed by atoms with Crippen LogP contribution in [0.25, 0.3) is 0 Å². The van der Waals surface area contributed by atoms with Crippen molar-refractivity contribution in [3.63, 3.8) is 0 Å². The van der Waals surface area contributed by atoms with E-state index in [1.807, 2.05) is 0 Å². The van der Waals surface area contributed by atoms with Crippen molar-refractivity contribution >= 4 is 37.0 Å². The summed E-state index contributed by atoms with van der Waals surface area (Å²) >= 11 is 11.2. The van der Waals surface area contributed by atoms with E-state index < -0.39 is 0 Å². The maximum atomic E-state index is 10.3. The topological polar surface area (TPSA) is 17.1 Å². The molecule has 4 heteroatoms. The third-order valence-electron chi connectivity index (χ3n) is 1.01. The van der Waals surface area contributed by atoms with E-state index in [0.29, 0.717) is 15.3 Å². The average Bonchev–Trinajstić information content (AvgIpc) is 1.88. The molecular weight excluding hydrogens is 190 g/mol. The molecule has 0 radical (unpaired) electrons. The monoisotopic (exact) mass is 192 g/mol. The molecule has 0 atom stereocenters. The van der Waals surface area contributed by atoms with Gasteiger partial charge in [-0.15, -0.1) is 0 Å². The lowest BCUT2D eigenvalue weighted by molar-refractivity contribution is 0.603. The summed E-state index contributed by atoms with van der Waals surface area (Å²) in [5.41, 5.74) is 0. The molecule has 10 heavy (non-hydrogen) atoms. The lowest BCUT2D eigenvalue weighted by Crippen LogP contribution is -1.90. The van der Waals surface area contributed by atoms with E-state index in [-0.39, 0.29) is 8.46 Å². The van der Waals surface area contributed by atoms with E-state index in [4.69, 9.17) is 23.2 Å². The average molecular weight is 193 g/mol. The van der Waals surface area contributed by atoms with Crippen LogP contribution in [0.2, 0.25) is 10.0 Å². The molecule has 1 nitrogen and oxygen atoms in total. The standard InChI is InChI=1S/C6H3Cl2OP/c7-4-1-2-6(10-9)5(8)3-4/h1-3H. The van der Waals surface area contributed by atoms with E-state index in [1.165, 1.54) is 0 Å². The molecule has 52 valence electrons. The van der Waals surface area contributed by atoms with Gasteiger partial charge in [-0.2, -0.15) is 0 Å². The molecule has 0 saturated heterocycles. The quantitative estimate of drug-likeness (QED) is 0.626. The van der Waals surface area contributed by atoms with Gasteiger partial charge in [0, 0.05) is 5.02 Å². The van der Waals surface area contributed by atoms with E-state index in [0.717, 1.165) is 0 Å². The Bertz CT molecular complexity index is 262. The predicted molar refractivity (Wildman–Crippen MR) is 43.7 cm³/mol. The SMILES string of the molecule is O=Pc1ccc(Cl)cc1Cl. The number of hydrogen-bond donors (Lipinski definition) is 0. The smallest absolute Gasteiger partial charge is 0.193 e. The van der Waals surface area contributed by atoms with Gasteiger partial charge in [0.05, 0.1) is 10.3 Å². The highest BCUT2D eigenvalue weighted by atomic mass is 35.5. The minimum atomic E-state index is -0.0759. The molecule has 0 aliphatic heterocycles. The second-order valence-corrected chi connectivity index (χ2v) is 3.20. The zero-order chi connectivity index (χ0) is 7.56. The molecule has 0 aliphatic rings. The van der Waals surface area contributed by atoms with Gasteiger partial charge in [0.25, 0.3) is 0 Å². The Hall–Kier alpha value is -0.100. The zero-order valence-corrected chi connectivity index (χ0v) is 7.25. The Morgan fingerprint density at radius 1 is 1.30 bits per heavy atom. The van der Waals surface area contributed by atoms with E-state index in [9.17, 15) is 4.57 Å². The highest BCUT2D eigenvalue weighted by molar-refractivity contribution is 7.34. The minimum Gasteiger partial charge on any atom is -0.269 e. The molecule has 0 saturated carbocycles. The molecule has 0 fully saturated rings. The molecule has 0 amide bonds. The van der Waals surface area contributed by atoms with Crippen molar-refractivity contribution in [1.82, 2.24) is 0 Å². The molecule has 1 aromatic carbocycles. The Labute approximate surface area is 70.2 Å². The Morgan fingerprint density at radius 2 is 2.00 bits per heavy atom. The van der Waals surface area contributed by atoms with Gasteiger partial charge in [0.1, 0.15) is 0 Å². The number of halogens is 2. The molecule has 0 aromatic heterocycles. The lowest BCUT2D eigenvalue weighted by Gasteiger charge is -1.92. The Balaban J connectivity index is 3.19. The molecule has 0 N–H and O–H groups in total. The molecule has 1 rings (SSSR count). The number of hydrogen-bond acceptors (Lipinski definition) is 1. The maximum Gasteiger partial charge on any atom is 0.193 e. The number of benzene rings is 1. The van der Waals surface area contributed by atoms with Crippen LogP contribution in [0.15, 0.2) is 18.2 Å². The van der Waals surface area contributed by atoms with Crippen LogP contribution in [0.5, 0.6) is 0 Å². The van der Waals surface area contributed by atoms with Crippen molar-refractivity contribution in [3.8, 4) is 0 Å². The fourth-order valence-corrected chi connectivity index (χ4v) is 1.35. The van der Waals surface area contributed by atoms with Crippen LogP contribution >= 0.6 is 31.7 Å². The largest absolute Gasteiger partial charge is 0.269 e. The molecule has 0 unspecified atom stereocenters. The minimum absolute atomic E-state index is 0.0759. The summed E-state index contributed by atoms with van der Waals surface area (Å²) in [5, 5.41) is 1.55. The molecular formula is C6H3Cl2OP. The normalized spacial score (nSPS) is 10.2. The van der Waals surface area contributed by atoms with E-state index in [1.54, 1.807) is 18.2 Å². The van der Waals surface area contributed by atoms with Crippen molar-refractivity contribution in [2.45, 2.75) is 0 Å². The maximum absolute atomic E-state index is 10.3. The van der Waals surface area contributed by atoms with Gasteiger partial charge < -0.3 is 0 Å². The first-order chi connectivity index (χ1) is 4.74. The summed E-state index contributed by atoms with van der Waals surface area (Å²) in [7, 11) is -0.0759. The highest BCUT2D eigenvalue weighted by Gasteiger charge is 1.98. The fraction of sp³-hybridized carbons (Fsp3) is 0. The fourth-order valence-electron chi connectivity index (χ4n) is 0.555. The summed E-state index contributed by atoms with van der Waals surface area (Å²) in [6.45, 7) is 0. The summed E-state index contributed by atoms with van der Waals surface area (Å²) in [5.74, 6) is 0. The first-order valence-corrected chi connectivity index (χ1v) is 4.09. The summed E-state index contributed by atoms with van der Waals surface area (Å²) in [6.07, 6.45) is 0. The van der Waals surface area contributed by atoms with E-state index in [2.05, 4.69) is 0 Å². The van der Waals surface area contributed by atoms with Gasteiger partial charge in [0.15, 0.2) is 8.46 Å². The number of rotatable bonds is 1. The summed E-state index contributed by atoms with van der Waals surface area (Å²) in [6, 6.07) is 4.83. The molecule has 0 bridgehead atoms. The first-order valence-electron chi connectivity index (χ1n) is 2.52. The first kappa shape index (κ1) is 8.00. The molecule has 1 aromatic rings. The van der Waals surface area contributed by atoms with Crippen molar-refractivity contribution in [2.75, 3.05) is 0 Å². The van der Waals surface area contributed by atoms with Crippen LogP contribution in [0.1, 0.15) is 0 Å². The van der Waals surface area contributed by atoms with Crippen molar-refractivity contribution < 1.29 is 4.57 Å². The van der Waals surface area contributed by atoms with Gasteiger partial charge in [-0.25, -0.2) is 0 Å². The molecule has 0 aliphatic carbocycles. The van der Waals surface area contributed by atoms with Crippen LogP contribution < -0.4 is 5.30 Å². The Morgan fingerprint density at radius 3 is 2.50 bits per heavy atom. The predicted octanol–water partition coefficient (Wildman–Crippen LogP) is 2.91. The van der Waals surface area contributed by atoms with Crippen LogP contribution in [0.4, 0.5) is 0 Å². The Kier molecular flexibility index (Phi) is 2.67. The second kappa shape index (κ2) is 3.34. The van der Waals surface area contributed by atoms with Crippen LogP contribution in [-0.4, -0.2) is 0 Å². The van der Waals surface area contributed by atoms with Crippen molar-refractivity contribution in [3.05, 3.63) is 28.2 Å². The highest BCUT2D eigenvalue weighted by Crippen LogP contribution is 2.16. The van der Waals surface area contributed by atoms with Crippen molar-refractivity contribution in [2.24, 2.45) is 0 Å². The van der Waals surface area contributed by atoms with Crippen LogP contribution in [-0.2, 0) is 4.57 Å².